The minimum absolute atomic E-state index is 0. The SMILES string of the molecule is Cl.NCCN1C(=O)CCNC1=O. The Hall–Kier alpha value is -0.810. The quantitative estimate of drug-likeness (QED) is 0.610. The average Bonchev–Trinajstić information content (AvgIpc) is 1.97. The lowest BCUT2D eigenvalue weighted by atomic mass is 10.3. The van der Waals surface area contributed by atoms with Gasteiger partial charge >= 0.3 is 6.03 Å². The molecule has 0 unspecified atom stereocenters. The molecule has 3 N–H and O–H groups in total. The van der Waals surface area contributed by atoms with E-state index in [0.717, 1.165) is 4.90 Å². The van der Waals surface area contributed by atoms with Crippen molar-refractivity contribution in [1.82, 2.24) is 10.2 Å². The van der Waals surface area contributed by atoms with Gasteiger partial charge in [-0.05, 0) is 0 Å². The van der Waals surface area contributed by atoms with Gasteiger partial charge in [-0.1, -0.05) is 0 Å². The summed E-state index contributed by atoms with van der Waals surface area (Å²) in [6, 6.07) is -0.327. The van der Waals surface area contributed by atoms with Crippen LogP contribution in [0, 0.1) is 0 Å². The third-order valence-electron chi connectivity index (χ3n) is 1.51. The maximum absolute atomic E-state index is 11.0. The van der Waals surface area contributed by atoms with E-state index < -0.39 is 0 Å². The van der Waals surface area contributed by atoms with Crippen molar-refractivity contribution in [2.24, 2.45) is 5.73 Å². The van der Waals surface area contributed by atoms with Gasteiger partial charge in [-0.15, -0.1) is 12.4 Å². The minimum Gasteiger partial charge on any atom is -0.337 e. The Balaban J connectivity index is 0.00000121. The first-order chi connectivity index (χ1) is 5.25. The summed E-state index contributed by atoms with van der Waals surface area (Å²) in [5.41, 5.74) is 5.21. The molecule has 0 radical (unpaired) electrons. The molecule has 0 aromatic heterocycles. The molecule has 0 aromatic rings. The molecule has 0 aromatic carbocycles. The third kappa shape index (κ3) is 2.35. The topological polar surface area (TPSA) is 75.4 Å². The molecule has 1 fully saturated rings. The first-order valence-corrected chi connectivity index (χ1v) is 3.54. The number of carbonyl (C=O) groups is 2. The molecule has 6 heteroatoms. The molecule has 1 heterocycles. The number of nitrogens with one attached hydrogen (secondary N) is 1. The van der Waals surface area contributed by atoms with E-state index in [9.17, 15) is 9.59 Å². The highest BCUT2D eigenvalue weighted by Gasteiger charge is 2.24. The fourth-order valence-electron chi connectivity index (χ4n) is 0.975. The molecule has 1 aliphatic heterocycles. The van der Waals surface area contributed by atoms with Gasteiger partial charge < -0.3 is 11.1 Å². The Labute approximate surface area is 76.7 Å². The van der Waals surface area contributed by atoms with Crippen LogP contribution in [0.5, 0.6) is 0 Å². The van der Waals surface area contributed by atoms with E-state index in [1.54, 1.807) is 0 Å². The van der Waals surface area contributed by atoms with Crippen molar-refractivity contribution in [3.05, 3.63) is 0 Å². The zero-order valence-corrected chi connectivity index (χ0v) is 7.39. The van der Waals surface area contributed by atoms with Crippen LogP contribution in [0.2, 0.25) is 0 Å². The number of rotatable bonds is 2. The minimum atomic E-state index is -0.327. The zero-order chi connectivity index (χ0) is 8.27. The summed E-state index contributed by atoms with van der Waals surface area (Å²) < 4.78 is 0. The van der Waals surface area contributed by atoms with E-state index in [0.29, 0.717) is 26.1 Å². The number of halogens is 1. The van der Waals surface area contributed by atoms with Crippen molar-refractivity contribution in [2.45, 2.75) is 6.42 Å². The molecule has 0 aliphatic carbocycles. The third-order valence-corrected chi connectivity index (χ3v) is 1.51. The maximum Gasteiger partial charge on any atom is 0.324 e. The summed E-state index contributed by atoms with van der Waals surface area (Å²) in [6.07, 6.45) is 0.381. The van der Waals surface area contributed by atoms with E-state index in [-0.39, 0.29) is 24.3 Å². The summed E-state index contributed by atoms with van der Waals surface area (Å²) >= 11 is 0. The van der Waals surface area contributed by atoms with Crippen LogP contribution < -0.4 is 11.1 Å². The summed E-state index contributed by atoms with van der Waals surface area (Å²) in [4.78, 5) is 23.1. The molecular formula is C6H12ClN3O2. The number of nitrogens with two attached hydrogens (primary N) is 1. The summed E-state index contributed by atoms with van der Waals surface area (Å²) in [6.45, 7) is 1.07. The number of nitrogens with zero attached hydrogens (tertiary/aromatic N) is 1. The van der Waals surface area contributed by atoms with Crippen LogP contribution in [0.4, 0.5) is 4.79 Å². The van der Waals surface area contributed by atoms with Crippen LogP contribution in [-0.2, 0) is 4.79 Å². The van der Waals surface area contributed by atoms with Crippen LogP contribution in [0.25, 0.3) is 0 Å². The molecule has 5 nitrogen and oxygen atoms in total. The highest BCUT2D eigenvalue weighted by molar-refractivity contribution is 5.96. The molecule has 70 valence electrons. The Morgan fingerprint density at radius 3 is 2.67 bits per heavy atom. The van der Waals surface area contributed by atoms with E-state index in [4.69, 9.17) is 5.73 Å². The van der Waals surface area contributed by atoms with Gasteiger partial charge in [-0.2, -0.15) is 0 Å². The molecule has 0 spiro atoms. The highest BCUT2D eigenvalue weighted by Crippen LogP contribution is 1.99. The molecule has 0 saturated carbocycles. The van der Waals surface area contributed by atoms with Gasteiger partial charge in [-0.3, -0.25) is 9.69 Å². The second-order valence-electron chi connectivity index (χ2n) is 2.32. The van der Waals surface area contributed by atoms with Crippen molar-refractivity contribution < 1.29 is 9.59 Å². The summed E-state index contributed by atoms with van der Waals surface area (Å²) in [5.74, 6) is -0.140. The van der Waals surface area contributed by atoms with Crippen molar-refractivity contribution >= 4 is 24.3 Å². The first kappa shape index (κ1) is 11.2. The van der Waals surface area contributed by atoms with Gasteiger partial charge in [0.25, 0.3) is 0 Å². The Morgan fingerprint density at radius 1 is 1.50 bits per heavy atom. The van der Waals surface area contributed by atoms with Crippen LogP contribution in [0.3, 0.4) is 0 Å². The Kier molecular flexibility index (Phi) is 4.61. The maximum atomic E-state index is 11.0. The number of imide groups is 1. The molecule has 0 atom stereocenters. The average molecular weight is 194 g/mol. The van der Waals surface area contributed by atoms with E-state index >= 15 is 0 Å². The van der Waals surface area contributed by atoms with Gasteiger partial charge in [-0.25, -0.2) is 4.79 Å². The van der Waals surface area contributed by atoms with Crippen LogP contribution in [-0.4, -0.2) is 36.5 Å². The Bertz CT molecular complexity index is 170. The fraction of sp³-hybridized carbons (Fsp3) is 0.667. The molecule has 1 saturated heterocycles. The van der Waals surface area contributed by atoms with Gasteiger partial charge in [0.15, 0.2) is 0 Å². The predicted molar refractivity (Wildman–Crippen MR) is 46.0 cm³/mol. The lowest BCUT2D eigenvalue weighted by Crippen LogP contribution is -2.51. The number of hydrogen-bond donors (Lipinski definition) is 2. The van der Waals surface area contributed by atoms with Gasteiger partial charge in [0.2, 0.25) is 5.91 Å². The standard InChI is InChI=1S/C6H11N3O2.ClH/c7-2-4-9-5(10)1-3-8-6(9)11;/h1-4,7H2,(H,8,11);1H. The molecule has 12 heavy (non-hydrogen) atoms. The van der Waals surface area contributed by atoms with Gasteiger partial charge in [0, 0.05) is 26.1 Å². The summed E-state index contributed by atoms with van der Waals surface area (Å²) in [7, 11) is 0. The van der Waals surface area contributed by atoms with Crippen molar-refractivity contribution in [3.63, 3.8) is 0 Å². The van der Waals surface area contributed by atoms with E-state index in [1.807, 2.05) is 0 Å². The number of urea groups is 1. The van der Waals surface area contributed by atoms with Crippen molar-refractivity contribution in [3.8, 4) is 0 Å². The van der Waals surface area contributed by atoms with Crippen LogP contribution in [0.1, 0.15) is 6.42 Å². The molecule has 0 bridgehead atoms. The largest absolute Gasteiger partial charge is 0.337 e. The highest BCUT2D eigenvalue weighted by atomic mass is 35.5. The predicted octanol–water partition coefficient (Wildman–Crippen LogP) is -0.691. The van der Waals surface area contributed by atoms with E-state index in [1.165, 1.54) is 0 Å². The number of amides is 3. The van der Waals surface area contributed by atoms with Gasteiger partial charge in [0.05, 0.1) is 0 Å². The van der Waals surface area contributed by atoms with Crippen LogP contribution >= 0.6 is 12.4 Å². The van der Waals surface area contributed by atoms with E-state index in [2.05, 4.69) is 5.32 Å². The zero-order valence-electron chi connectivity index (χ0n) is 6.58. The fourth-order valence-corrected chi connectivity index (χ4v) is 0.975. The van der Waals surface area contributed by atoms with Crippen molar-refractivity contribution in [2.75, 3.05) is 19.6 Å². The lowest BCUT2D eigenvalue weighted by Gasteiger charge is -2.24. The van der Waals surface area contributed by atoms with Crippen molar-refractivity contribution in [1.29, 1.82) is 0 Å². The molecule has 1 rings (SSSR count). The molecule has 1 aliphatic rings. The second kappa shape index (κ2) is 4.95. The first-order valence-electron chi connectivity index (χ1n) is 3.54. The monoisotopic (exact) mass is 193 g/mol. The molecular weight excluding hydrogens is 182 g/mol. The lowest BCUT2D eigenvalue weighted by molar-refractivity contribution is -0.129. The van der Waals surface area contributed by atoms with Gasteiger partial charge in [0.1, 0.15) is 0 Å². The second-order valence-corrected chi connectivity index (χ2v) is 2.32. The van der Waals surface area contributed by atoms with Crippen LogP contribution in [0.15, 0.2) is 0 Å². The number of hydrogen-bond acceptors (Lipinski definition) is 3. The normalized spacial score (nSPS) is 16.9. The Morgan fingerprint density at radius 2 is 2.17 bits per heavy atom. The molecule has 3 amide bonds. The summed E-state index contributed by atoms with van der Waals surface area (Å²) in [5, 5.41) is 2.56. The number of carbonyl (C=O) groups excluding carboxylic acids is 2. The smallest absolute Gasteiger partial charge is 0.324 e.